The molecular weight excluding hydrogens is 232 g/mol. The van der Waals surface area contributed by atoms with Crippen LogP contribution >= 0.6 is 0 Å². The third-order valence-corrected chi connectivity index (χ3v) is 2.78. The van der Waals surface area contributed by atoms with Gasteiger partial charge in [-0.1, -0.05) is 12.1 Å². The molecule has 0 saturated heterocycles. The second-order valence-corrected chi connectivity index (χ2v) is 4.03. The molecule has 0 aliphatic carbocycles. The van der Waals surface area contributed by atoms with E-state index in [1.54, 1.807) is 31.2 Å². The molecule has 0 saturated carbocycles. The quantitative estimate of drug-likeness (QED) is 0.665. The standard InChI is InChI=1S/C12H10N4O2/c1-6-14-12-8(11(13)18)5-7-3-2-4-9(17)10(7)16(12)15-6/h2-5,17H,1H3,(H2,13,18). The Morgan fingerprint density at radius 3 is 2.94 bits per heavy atom. The molecule has 3 N–H and O–H groups in total. The Morgan fingerprint density at radius 1 is 1.44 bits per heavy atom. The summed E-state index contributed by atoms with van der Waals surface area (Å²) in [6, 6.07) is 6.64. The van der Waals surface area contributed by atoms with Gasteiger partial charge in [0.2, 0.25) is 0 Å². The minimum Gasteiger partial charge on any atom is -0.506 e. The van der Waals surface area contributed by atoms with E-state index in [2.05, 4.69) is 10.1 Å². The van der Waals surface area contributed by atoms with Crippen molar-refractivity contribution in [1.29, 1.82) is 0 Å². The Balaban J connectivity index is 2.61. The van der Waals surface area contributed by atoms with Gasteiger partial charge in [0.05, 0.1) is 5.56 Å². The summed E-state index contributed by atoms with van der Waals surface area (Å²) < 4.78 is 1.44. The number of rotatable bonds is 1. The SMILES string of the molecule is Cc1nc2c(C(N)=O)cc3cccc(O)c3n2n1. The topological polar surface area (TPSA) is 93.5 Å². The third kappa shape index (κ3) is 1.32. The third-order valence-electron chi connectivity index (χ3n) is 2.78. The highest BCUT2D eigenvalue weighted by Crippen LogP contribution is 2.26. The number of amides is 1. The largest absolute Gasteiger partial charge is 0.506 e. The van der Waals surface area contributed by atoms with Gasteiger partial charge in [-0.2, -0.15) is 5.10 Å². The fraction of sp³-hybridized carbons (Fsp3) is 0.0833. The Kier molecular flexibility index (Phi) is 2.00. The van der Waals surface area contributed by atoms with Gasteiger partial charge in [-0.15, -0.1) is 0 Å². The number of aromatic hydroxyl groups is 1. The first kappa shape index (κ1) is 10.5. The molecular formula is C12H10N4O2. The molecule has 0 radical (unpaired) electrons. The van der Waals surface area contributed by atoms with Gasteiger partial charge in [0.1, 0.15) is 17.1 Å². The molecule has 0 aliphatic heterocycles. The van der Waals surface area contributed by atoms with Crippen molar-refractivity contribution in [3.05, 3.63) is 35.7 Å². The van der Waals surface area contributed by atoms with E-state index in [0.29, 0.717) is 22.4 Å². The molecule has 2 aromatic heterocycles. The number of nitrogens with zero attached hydrogens (tertiary/aromatic N) is 3. The number of aromatic nitrogens is 3. The number of phenols is 1. The summed E-state index contributed by atoms with van der Waals surface area (Å²) in [4.78, 5) is 15.6. The molecule has 90 valence electrons. The normalized spacial score (nSPS) is 11.2. The van der Waals surface area contributed by atoms with E-state index >= 15 is 0 Å². The zero-order valence-corrected chi connectivity index (χ0v) is 9.58. The molecule has 1 aromatic carbocycles. The second-order valence-electron chi connectivity index (χ2n) is 4.03. The highest BCUT2D eigenvalue weighted by Gasteiger charge is 2.15. The van der Waals surface area contributed by atoms with Crippen LogP contribution in [0.25, 0.3) is 16.6 Å². The van der Waals surface area contributed by atoms with Gasteiger partial charge in [0.25, 0.3) is 5.91 Å². The first-order valence-electron chi connectivity index (χ1n) is 5.36. The van der Waals surface area contributed by atoms with E-state index in [-0.39, 0.29) is 11.3 Å². The summed E-state index contributed by atoms with van der Waals surface area (Å²) in [6.45, 7) is 1.71. The lowest BCUT2D eigenvalue weighted by molar-refractivity contribution is 0.100. The number of fused-ring (bicyclic) bond motifs is 3. The number of benzene rings is 1. The van der Waals surface area contributed by atoms with Crippen LogP contribution in [0.15, 0.2) is 24.3 Å². The van der Waals surface area contributed by atoms with E-state index < -0.39 is 5.91 Å². The second kappa shape index (κ2) is 3.43. The van der Waals surface area contributed by atoms with Gasteiger partial charge in [-0.25, -0.2) is 9.50 Å². The van der Waals surface area contributed by atoms with Crippen LogP contribution in [0.4, 0.5) is 0 Å². The number of phenolic OH excluding ortho intramolecular Hbond substituents is 1. The van der Waals surface area contributed by atoms with E-state index in [0.717, 1.165) is 0 Å². The number of hydrogen-bond acceptors (Lipinski definition) is 4. The molecule has 6 nitrogen and oxygen atoms in total. The van der Waals surface area contributed by atoms with Crippen LogP contribution in [0.3, 0.4) is 0 Å². The maximum Gasteiger partial charge on any atom is 0.252 e. The van der Waals surface area contributed by atoms with Crippen LogP contribution in [-0.4, -0.2) is 25.6 Å². The highest BCUT2D eigenvalue weighted by atomic mass is 16.3. The van der Waals surface area contributed by atoms with Crippen molar-refractivity contribution < 1.29 is 9.90 Å². The summed E-state index contributed by atoms with van der Waals surface area (Å²) in [5.41, 5.74) is 6.49. The number of nitrogens with two attached hydrogens (primary N) is 1. The first-order valence-corrected chi connectivity index (χ1v) is 5.36. The number of para-hydroxylation sites is 1. The van der Waals surface area contributed by atoms with Crippen LogP contribution in [0, 0.1) is 6.92 Å². The zero-order valence-electron chi connectivity index (χ0n) is 9.58. The lowest BCUT2D eigenvalue weighted by Crippen LogP contribution is -2.13. The summed E-state index contributed by atoms with van der Waals surface area (Å²) in [5.74, 6) is 0.0179. The fourth-order valence-electron chi connectivity index (χ4n) is 2.04. The maximum absolute atomic E-state index is 11.4. The van der Waals surface area contributed by atoms with E-state index in [1.165, 1.54) is 4.52 Å². The lowest BCUT2D eigenvalue weighted by Gasteiger charge is -2.05. The first-order chi connectivity index (χ1) is 8.58. The van der Waals surface area contributed by atoms with Crippen molar-refractivity contribution in [3.63, 3.8) is 0 Å². The minimum absolute atomic E-state index is 0.0819. The Labute approximate surface area is 102 Å². The number of carbonyl (C=O) groups excluding carboxylic acids is 1. The van der Waals surface area contributed by atoms with Crippen LogP contribution in [0.2, 0.25) is 0 Å². The van der Waals surface area contributed by atoms with E-state index in [9.17, 15) is 9.90 Å². The Hall–Kier alpha value is -2.63. The van der Waals surface area contributed by atoms with Gasteiger partial charge in [0, 0.05) is 5.39 Å². The molecule has 2 heterocycles. The van der Waals surface area contributed by atoms with Crippen molar-refractivity contribution >= 4 is 22.5 Å². The predicted octanol–water partition coefficient (Wildman–Crippen LogP) is 0.995. The van der Waals surface area contributed by atoms with Gasteiger partial charge < -0.3 is 10.8 Å². The van der Waals surface area contributed by atoms with Crippen molar-refractivity contribution in [2.45, 2.75) is 6.92 Å². The van der Waals surface area contributed by atoms with E-state index in [4.69, 9.17) is 5.73 Å². The van der Waals surface area contributed by atoms with Gasteiger partial charge in [0.15, 0.2) is 5.65 Å². The predicted molar refractivity (Wildman–Crippen MR) is 65.4 cm³/mol. The highest BCUT2D eigenvalue weighted by molar-refractivity contribution is 6.03. The van der Waals surface area contributed by atoms with E-state index in [1.807, 2.05) is 0 Å². The number of aryl methyl sites for hydroxylation is 1. The summed E-state index contributed by atoms with van der Waals surface area (Å²) in [7, 11) is 0. The number of pyridine rings is 1. The van der Waals surface area contributed by atoms with Crippen molar-refractivity contribution in [2.24, 2.45) is 5.73 Å². The summed E-state index contributed by atoms with van der Waals surface area (Å²) >= 11 is 0. The number of primary amides is 1. The Bertz CT molecular complexity index is 791. The molecule has 3 rings (SSSR count). The average molecular weight is 242 g/mol. The Morgan fingerprint density at radius 2 is 2.22 bits per heavy atom. The van der Waals surface area contributed by atoms with Crippen LogP contribution in [0.1, 0.15) is 16.2 Å². The van der Waals surface area contributed by atoms with Crippen molar-refractivity contribution in [3.8, 4) is 5.75 Å². The van der Waals surface area contributed by atoms with Crippen molar-refractivity contribution in [2.75, 3.05) is 0 Å². The van der Waals surface area contributed by atoms with Crippen LogP contribution < -0.4 is 5.73 Å². The number of carbonyl (C=O) groups is 1. The zero-order chi connectivity index (χ0) is 12.9. The average Bonchev–Trinajstić information content (AvgIpc) is 2.68. The molecule has 3 aromatic rings. The van der Waals surface area contributed by atoms with Crippen LogP contribution in [-0.2, 0) is 0 Å². The van der Waals surface area contributed by atoms with Gasteiger partial charge >= 0.3 is 0 Å². The monoisotopic (exact) mass is 242 g/mol. The molecule has 0 fully saturated rings. The molecule has 18 heavy (non-hydrogen) atoms. The van der Waals surface area contributed by atoms with Gasteiger partial charge in [-0.05, 0) is 19.1 Å². The van der Waals surface area contributed by atoms with Crippen molar-refractivity contribution in [1.82, 2.24) is 14.6 Å². The molecule has 1 amide bonds. The minimum atomic E-state index is -0.572. The summed E-state index contributed by atoms with van der Waals surface area (Å²) in [5, 5.41) is 14.8. The molecule has 0 aliphatic rings. The van der Waals surface area contributed by atoms with Gasteiger partial charge in [-0.3, -0.25) is 4.79 Å². The smallest absolute Gasteiger partial charge is 0.252 e. The molecule has 0 atom stereocenters. The summed E-state index contributed by atoms with van der Waals surface area (Å²) in [6.07, 6.45) is 0. The van der Waals surface area contributed by atoms with Crippen LogP contribution in [0.5, 0.6) is 5.75 Å². The molecule has 0 bridgehead atoms. The number of hydrogen-bond donors (Lipinski definition) is 2. The molecule has 6 heteroatoms. The maximum atomic E-state index is 11.4. The lowest BCUT2D eigenvalue weighted by atomic mass is 10.1. The fourth-order valence-corrected chi connectivity index (χ4v) is 2.04. The molecule has 0 unspecified atom stereocenters. The molecule has 0 spiro atoms.